The molecule has 0 aliphatic rings. The maximum absolute atomic E-state index is 5.72. The van der Waals surface area contributed by atoms with E-state index >= 15 is 0 Å². The molecule has 4 rings (SSSR count). The SMILES string of the molecule is c1cc(OCc2nc3ccccc3o2)cc(-n2cnnn2)c1. The molecule has 0 saturated heterocycles. The van der Waals surface area contributed by atoms with Gasteiger partial charge < -0.3 is 9.15 Å². The molecule has 0 spiro atoms. The van der Waals surface area contributed by atoms with Crippen molar-refractivity contribution in [3.05, 3.63) is 60.7 Å². The fraction of sp³-hybridized carbons (Fsp3) is 0.0667. The second-order valence-electron chi connectivity index (χ2n) is 4.62. The normalized spacial score (nSPS) is 10.9. The van der Waals surface area contributed by atoms with E-state index in [-0.39, 0.29) is 6.61 Å². The van der Waals surface area contributed by atoms with E-state index in [9.17, 15) is 0 Å². The summed E-state index contributed by atoms with van der Waals surface area (Å²) in [5, 5.41) is 11.1. The highest BCUT2D eigenvalue weighted by Gasteiger charge is 2.06. The molecule has 0 amide bonds. The van der Waals surface area contributed by atoms with Crippen LogP contribution in [0.1, 0.15) is 5.89 Å². The number of ether oxygens (including phenoxy) is 1. The molecular formula is C15H11N5O2. The van der Waals surface area contributed by atoms with Crippen molar-refractivity contribution in [2.45, 2.75) is 6.61 Å². The van der Waals surface area contributed by atoms with Gasteiger partial charge in [0.05, 0.1) is 5.69 Å². The lowest BCUT2D eigenvalue weighted by Gasteiger charge is -2.05. The first kappa shape index (κ1) is 12.5. The van der Waals surface area contributed by atoms with E-state index in [0.717, 1.165) is 16.8 Å². The number of para-hydroxylation sites is 2. The maximum Gasteiger partial charge on any atom is 0.233 e. The van der Waals surface area contributed by atoms with E-state index in [0.29, 0.717) is 11.6 Å². The van der Waals surface area contributed by atoms with E-state index in [2.05, 4.69) is 20.5 Å². The summed E-state index contributed by atoms with van der Waals surface area (Å²) < 4.78 is 12.9. The minimum Gasteiger partial charge on any atom is -0.484 e. The molecule has 0 bridgehead atoms. The van der Waals surface area contributed by atoms with Crippen LogP contribution in [0.3, 0.4) is 0 Å². The van der Waals surface area contributed by atoms with Crippen LogP contribution >= 0.6 is 0 Å². The van der Waals surface area contributed by atoms with Crippen LogP contribution in [-0.2, 0) is 6.61 Å². The van der Waals surface area contributed by atoms with Gasteiger partial charge in [-0.15, -0.1) is 5.10 Å². The third-order valence-corrected chi connectivity index (χ3v) is 3.13. The van der Waals surface area contributed by atoms with E-state index in [1.165, 1.54) is 6.33 Å². The van der Waals surface area contributed by atoms with Gasteiger partial charge in [0.2, 0.25) is 5.89 Å². The minimum atomic E-state index is 0.258. The zero-order valence-corrected chi connectivity index (χ0v) is 11.5. The van der Waals surface area contributed by atoms with Crippen LogP contribution in [0, 0.1) is 0 Å². The van der Waals surface area contributed by atoms with E-state index in [1.54, 1.807) is 4.68 Å². The molecule has 2 aromatic heterocycles. The average Bonchev–Trinajstić information content (AvgIpc) is 3.22. The molecule has 2 heterocycles. The Morgan fingerprint density at radius 3 is 2.91 bits per heavy atom. The van der Waals surface area contributed by atoms with E-state index in [4.69, 9.17) is 9.15 Å². The predicted molar refractivity (Wildman–Crippen MR) is 77.5 cm³/mol. The summed E-state index contributed by atoms with van der Waals surface area (Å²) in [5.41, 5.74) is 2.40. The number of aromatic nitrogens is 5. The third kappa shape index (κ3) is 2.39. The first-order valence-electron chi connectivity index (χ1n) is 6.69. The molecule has 0 aliphatic heterocycles. The largest absolute Gasteiger partial charge is 0.484 e. The van der Waals surface area contributed by atoms with Gasteiger partial charge in [0.1, 0.15) is 17.6 Å². The number of tetrazole rings is 1. The summed E-state index contributed by atoms with van der Waals surface area (Å²) >= 11 is 0. The summed E-state index contributed by atoms with van der Waals surface area (Å²) in [6, 6.07) is 15.1. The van der Waals surface area contributed by atoms with Crippen LogP contribution in [0.25, 0.3) is 16.8 Å². The molecule has 7 nitrogen and oxygen atoms in total. The first-order valence-corrected chi connectivity index (χ1v) is 6.69. The molecule has 4 aromatic rings. The Bertz CT molecular complexity index is 868. The molecule has 0 radical (unpaired) electrons. The molecule has 0 N–H and O–H groups in total. The molecule has 2 aromatic carbocycles. The third-order valence-electron chi connectivity index (χ3n) is 3.13. The fourth-order valence-electron chi connectivity index (χ4n) is 2.12. The highest BCUT2D eigenvalue weighted by molar-refractivity contribution is 5.72. The van der Waals surface area contributed by atoms with Crippen molar-refractivity contribution >= 4 is 11.1 Å². The van der Waals surface area contributed by atoms with Crippen LogP contribution in [0.4, 0.5) is 0 Å². The smallest absolute Gasteiger partial charge is 0.233 e. The molecular weight excluding hydrogens is 282 g/mol. The van der Waals surface area contributed by atoms with Crippen LogP contribution in [0.15, 0.2) is 59.3 Å². The predicted octanol–water partition coefficient (Wildman–Crippen LogP) is 2.38. The summed E-state index contributed by atoms with van der Waals surface area (Å²) in [4.78, 5) is 4.37. The molecule has 0 saturated carbocycles. The van der Waals surface area contributed by atoms with Gasteiger partial charge in [-0.25, -0.2) is 9.67 Å². The van der Waals surface area contributed by atoms with Crippen LogP contribution in [0.5, 0.6) is 5.75 Å². The lowest BCUT2D eigenvalue weighted by molar-refractivity contribution is 0.267. The zero-order chi connectivity index (χ0) is 14.8. The monoisotopic (exact) mass is 293 g/mol. The van der Waals surface area contributed by atoms with Crippen LogP contribution < -0.4 is 4.74 Å². The minimum absolute atomic E-state index is 0.258. The number of oxazole rings is 1. The molecule has 0 atom stereocenters. The van der Waals surface area contributed by atoms with Gasteiger partial charge in [-0.1, -0.05) is 18.2 Å². The number of nitrogens with zero attached hydrogens (tertiary/aromatic N) is 5. The Hall–Kier alpha value is -3.22. The van der Waals surface area contributed by atoms with E-state index < -0.39 is 0 Å². The van der Waals surface area contributed by atoms with Crippen molar-refractivity contribution in [1.82, 2.24) is 25.2 Å². The highest BCUT2D eigenvalue weighted by atomic mass is 16.5. The molecule has 108 valence electrons. The standard InChI is InChI=1S/C15H11N5O2/c1-2-7-14-13(6-1)17-15(22-14)9-21-12-5-3-4-11(8-12)20-10-16-18-19-20/h1-8,10H,9H2. The number of benzene rings is 2. The zero-order valence-electron chi connectivity index (χ0n) is 11.5. The second kappa shape index (κ2) is 5.28. The Balaban J connectivity index is 1.53. The van der Waals surface area contributed by atoms with Gasteiger partial charge >= 0.3 is 0 Å². The van der Waals surface area contributed by atoms with Crippen molar-refractivity contribution < 1.29 is 9.15 Å². The van der Waals surface area contributed by atoms with Crippen molar-refractivity contribution in [2.75, 3.05) is 0 Å². The molecule has 0 fully saturated rings. The lowest BCUT2D eigenvalue weighted by Crippen LogP contribution is -1.98. The van der Waals surface area contributed by atoms with Gasteiger partial charge in [-0.05, 0) is 34.7 Å². The molecule has 0 unspecified atom stereocenters. The van der Waals surface area contributed by atoms with Crippen molar-refractivity contribution in [1.29, 1.82) is 0 Å². The maximum atomic E-state index is 5.72. The quantitative estimate of drug-likeness (QED) is 0.575. The average molecular weight is 293 g/mol. The summed E-state index contributed by atoms with van der Waals surface area (Å²) in [7, 11) is 0. The number of fused-ring (bicyclic) bond motifs is 1. The Labute approximate surface area is 125 Å². The number of rotatable bonds is 4. The fourth-order valence-corrected chi connectivity index (χ4v) is 2.12. The van der Waals surface area contributed by atoms with Gasteiger partial charge in [-0.3, -0.25) is 0 Å². The Kier molecular flexibility index (Phi) is 3.01. The molecule has 7 heteroatoms. The molecule has 0 aliphatic carbocycles. The molecule has 22 heavy (non-hydrogen) atoms. The van der Waals surface area contributed by atoms with Crippen molar-refractivity contribution in [3.63, 3.8) is 0 Å². The van der Waals surface area contributed by atoms with Gasteiger partial charge in [0.25, 0.3) is 0 Å². The Morgan fingerprint density at radius 1 is 1.09 bits per heavy atom. The summed E-state index contributed by atoms with van der Waals surface area (Å²) in [6.07, 6.45) is 1.53. The van der Waals surface area contributed by atoms with E-state index in [1.807, 2.05) is 48.5 Å². The highest BCUT2D eigenvalue weighted by Crippen LogP contribution is 2.19. The first-order chi connectivity index (χ1) is 10.9. The van der Waals surface area contributed by atoms with Gasteiger partial charge in [0.15, 0.2) is 12.2 Å². The lowest BCUT2D eigenvalue weighted by atomic mass is 10.3. The Morgan fingerprint density at radius 2 is 2.05 bits per heavy atom. The van der Waals surface area contributed by atoms with Gasteiger partial charge in [-0.2, -0.15) is 0 Å². The van der Waals surface area contributed by atoms with Crippen LogP contribution in [-0.4, -0.2) is 25.2 Å². The second-order valence-corrected chi connectivity index (χ2v) is 4.62. The summed E-state index contributed by atoms with van der Waals surface area (Å²) in [6.45, 7) is 0.258. The van der Waals surface area contributed by atoms with Gasteiger partial charge in [0, 0.05) is 6.07 Å². The van der Waals surface area contributed by atoms with Crippen LogP contribution in [0.2, 0.25) is 0 Å². The topological polar surface area (TPSA) is 78.9 Å². The number of hydrogen-bond acceptors (Lipinski definition) is 6. The van der Waals surface area contributed by atoms with Crippen molar-refractivity contribution in [3.8, 4) is 11.4 Å². The summed E-state index contributed by atoms with van der Waals surface area (Å²) in [5.74, 6) is 1.23. The number of hydrogen-bond donors (Lipinski definition) is 0. The van der Waals surface area contributed by atoms with Crippen molar-refractivity contribution in [2.24, 2.45) is 0 Å².